The highest BCUT2D eigenvalue weighted by atomic mass is 16.1. The highest BCUT2D eigenvalue weighted by Crippen LogP contribution is 2.31. The summed E-state index contributed by atoms with van der Waals surface area (Å²) in [5.74, 6) is 0.524. The van der Waals surface area contributed by atoms with Gasteiger partial charge in [-0.25, -0.2) is 4.79 Å². The van der Waals surface area contributed by atoms with E-state index in [1.54, 1.807) is 0 Å². The number of para-hydroxylation sites is 1. The van der Waals surface area contributed by atoms with Crippen LogP contribution >= 0.6 is 0 Å². The van der Waals surface area contributed by atoms with Crippen molar-refractivity contribution in [1.29, 1.82) is 0 Å². The molecule has 3 aromatic heterocycles. The van der Waals surface area contributed by atoms with Crippen LogP contribution in [0.5, 0.6) is 0 Å². The van der Waals surface area contributed by atoms with Crippen LogP contribution in [0.2, 0.25) is 0 Å². The second-order valence-corrected chi connectivity index (χ2v) is 11.0. The maximum atomic E-state index is 13.9. The third kappa shape index (κ3) is 5.32. The molecule has 0 aliphatic heterocycles. The van der Waals surface area contributed by atoms with E-state index in [2.05, 4.69) is 73.4 Å². The Kier molecular flexibility index (Phi) is 7.28. The Morgan fingerprint density at radius 1 is 0.974 bits per heavy atom. The number of rotatable bonds is 8. The molecule has 8 heteroatoms. The second kappa shape index (κ2) is 10.8. The number of nitrogens with zero attached hydrogens (tertiary/aromatic N) is 6. The fraction of sp³-hybridized carbons (Fsp3) is 0.323. The van der Waals surface area contributed by atoms with Crippen molar-refractivity contribution in [3.8, 4) is 28.3 Å². The fourth-order valence-electron chi connectivity index (χ4n) is 5.03. The van der Waals surface area contributed by atoms with Gasteiger partial charge in [-0.2, -0.15) is 5.21 Å². The van der Waals surface area contributed by atoms with Crippen molar-refractivity contribution < 1.29 is 0 Å². The lowest BCUT2D eigenvalue weighted by Crippen LogP contribution is -2.27. The number of aromatic nitrogens is 7. The van der Waals surface area contributed by atoms with Gasteiger partial charge >= 0.3 is 5.69 Å². The predicted molar refractivity (Wildman–Crippen MR) is 154 cm³/mol. The van der Waals surface area contributed by atoms with Gasteiger partial charge in [-0.1, -0.05) is 82.6 Å². The molecule has 0 bridgehead atoms. The minimum atomic E-state index is -0.0932. The van der Waals surface area contributed by atoms with Gasteiger partial charge in [-0.15, -0.1) is 10.2 Å². The Balaban J connectivity index is 1.52. The van der Waals surface area contributed by atoms with Crippen LogP contribution in [0, 0.1) is 6.92 Å². The summed E-state index contributed by atoms with van der Waals surface area (Å²) in [6, 6.07) is 18.2. The minimum absolute atomic E-state index is 0.0209. The third-order valence-electron chi connectivity index (χ3n) is 7.09. The van der Waals surface area contributed by atoms with Crippen molar-refractivity contribution in [2.75, 3.05) is 0 Å². The van der Waals surface area contributed by atoms with E-state index in [1.807, 2.05) is 57.9 Å². The molecule has 0 amide bonds. The zero-order valence-corrected chi connectivity index (χ0v) is 23.3. The Morgan fingerprint density at radius 2 is 1.77 bits per heavy atom. The summed E-state index contributed by atoms with van der Waals surface area (Å²) in [5, 5.41) is 14.5. The Hall–Kier alpha value is -4.33. The Bertz CT molecular complexity index is 1620. The smallest absolute Gasteiger partial charge is 0.292 e. The van der Waals surface area contributed by atoms with Crippen molar-refractivity contribution in [2.45, 2.75) is 65.8 Å². The van der Waals surface area contributed by atoms with E-state index < -0.39 is 0 Å². The van der Waals surface area contributed by atoms with Crippen LogP contribution in [0.3, 0.4) is 0 Å². The van der Waals surface area contributed by atoms with E-state index in [-0.39, 0.29) is 11.1 Å². The molecular weight excluding hydrogens is 486 g/mol. The summed E-state index contributed by atoms with van der Waals surface area (Å²) in [7, 11) is 0. The number of aryl methyl sites for hydroxylation is 2. The zero-order chi connectivity index (χ0) is 27.6. The van der Waals surface area contributed by atoms with Gasteiger partial charge in [0.05, 0.1) is 17.9 Å². The molecule has 3 heterocycles. The number of nitrogens with one attached hydrogen (secondary N) is 1. The molecule has 8 nitrogen and oxygen atoms in total. The van der Waals surface area contributed by atoms with Crippen LogP contribution in [0.25, 0.3) is 28.3 Å². The highest BCUT2D eigenvalue weighted by Gasteiger charge is 2.23. The summed E-state index contributed by atoms with van der Waals surface area (Å²) < 4.78 is 3.75. The third-order valence-corrected chi connectivity index (χ3v) is 7.09. The summed E-state index contributed by atoms with van der Waals surface area (Å²) >= 11 is 0. The SMILES string of the molecule is CCCCc1cn(-c2c(C)cccc2C(C)(C)C)c(=O)n1Cc1ccc(-c2ccccc2-c2nn[nH]n2)nc1. The first-order chi connectivity index (χ1) is 18.8. The largest absolute Gasteiger partial charge is 0.333 e. The van der Waals surface area contributed by atoms with Gasteiger partial charge in [0.25, 0.3) is 0 Å². The molecule has 2 aromatic carbocycles. The molecule has 5 aromatic rings. The summed E-state index contributed by atoms with van der Waals surface area (Å²) in [4.78, 5) is 18.7. The molecule has 0 atom stereocenters. The first kappa shape index (κ1) is 26.3. The average Bonchev–Trinajstić information content (AvgIpc) is 3.56. The number of H-pyrrole nitrogens is 1. The number of pyridine rings is 1. The van der Waals surface area contributed by atoms with Crippen molar-refractivity contribution >= 4 is 0 Å². The molecule has 200 valence electrons. The molecule has 0 saturated heterocycles. The lowest BCUT2D eigenvalue weighted by Gasteiger charge is -2.24. The molecule has 5 rings (SSSR count). The second-order valence-electron chi connectivity index (χ2n) is 11.0. The monoisotopic (exact) mass is 521 g/mol. The predicted octanol–water partition coefficient (Wildman–Crippen LogP) is 5.88. The van der Waals surface area contributed by atoms with Gasteiger partial charge in [0.15, 0.2) is 0 Å². The number of imidazole rings is 1. The number of hydrogen-bond donors (Lipinski definition) is 1. The standard InChI is InChI=1S/C31H35N7O/c1-6-7-12-23-20-38(28-21(2)11-10-15-26(28)31(3,4)5)30(39)37(23)19-22-16-17-27(32-18-22)24-13-8-9-14-25(24)29-33-35-36-34-29/h8-11,13-18,20H,6-7,12,19H2,1-5H3,(H,33,34,35,36). The molecule has 0 aliphatic carbocycles. The summed E-state index contributed by atoms with van der Waals surface area (Å²) in [6.07, 6.45) is 6.82. The molecular formula is C31H35N7O. The first-order valence-electron chi connectivity index (χ1n) is 13.5. The van der Waals surface area contributed by atoms with Crippen molar-refractivity contribution in [3.63, 3.8) is 0 Å². The Morgan fingerprint density at radius 3 is 2.44 bits per heavy atom. The normalized spacial score (nSPS) is 11.7. The van der Waals surface area contributed by atoms with Gasteiger partial charge < -0.3 is 0 Å². The van der Waals surface area contributed by atoms with E-state index >= 15 is 0 Å². The maximum absolute atomic E-state index is 13.9. The van der Waals surface area contributed by atoms with Gasteiger partial charge in [-0.05, 0) is 53.2 Å². The number of unbranched alkanes of at least 4 members (excludes halogenated alkanes) is 1. The van der Waals surface area contributed by atoms with E-state index in [9.17, 15) is 4.79 Å². The molecule has 0 unspecified atom stereocenters. The quantitative estimate of drug-likeness (QED) is 0.275. The van der Waals surface area contributed by atoms with Crippen LogP contribution in [0.1, 0.15) is 62.9 Å². The molecule has 1 N–H and O–H groups in total. The van der Waals surface area contributed by atoms with Crippen LogP contribution in [0.15, 0.2) is 71.8 Å². The summed E-state index contributed by atoms with van der Waals surface area (Å²) in [5.41, 5.74) is 7.72. The fourth-order valence-corrected chi connectivity index (χ4v) is 5.03. The first-order valence-corrected chi connectivity index (χ1v) is 13.5. The summed E-state index contributed by atoms with van der Waals surface area (Å²) in [6.45, 7) is 11.3. The van der Waals surface area contributed by atoms with Gasteiger partial charge in [-0.3, -0.25) is 14.1 Å². The van der Waals surface area contributed by atoms with Crippen LogP contribution in [-0.4, -0.2) is 34.7 Å². The molecule has 0 fully saturated rings. The number of tetrazole rings is 1. The topological polar surface area (TPSA) is 94.3 Å². The van der Waals surface area contributed by atoms with Crippen LogP contribution in [-0.2, 0) is 18.4 Å². The van der Waals surface area contributed by atoms with Crippen LogP contribution < -0.4 is 5.69 Å². The molecule has 0 spiro atoms. The highest BCUT2D eigenvalue weighted by molar-refractivity contribution is 5.78. The molecule has 0 saturated carbocycles. The number of benzene rings is 2. The molecule has 0 radical (unpaired) electrons. The van der Waals surface area contributed by atoms with Crippen molar-refractivity contribution in [1.82, 2.24) is 34.7 Å². The number of aromatic amines is 1. The van der Waals surface area contributed by atoms with Gasteiger partial charge in [0.1, 0.15) is 0 Å². The lowest BCUT2D eigenvalue weighted by atomic mass is 9.84. The van der Waals surface area contributed by atoms with Gasteiger partial charge in [0, 0.05) is 29.2 Å². The van der Waals surface area contributed by atoms with E-state index in [4.69, 9.17) is 4.98 Å². The van der Waals surface area contributed by atoms with Crippen LogP contribution in [0.4, 0.5) is 0 Å². The van der Waals surface area contributed by atoms with E-state index in [0.29, 0.717) is 12.4 Å². The van der Waals surface area contributed by atoms with E-state index in [1.165, 1.54) is 0 Å². The molecule has 39 heavy (non-hydrogen) atoms. The van der Waals surface area contributed by atoms with Crippen molar-refractivity contribution in [2.24, 2.45) is 0 Å². The Labute approximate surface area is 228 Å². The average molecular weight is 522 g/mol. The zero-order valence-electron chi connectivity index (χ0n) is 23.3. The van der Waals surface area contributed by atoms with Gasteiger partial charge in [0.2, 0.25) is 5.82 Å². The van der Waals surface area contributed by atoms with E-state index in [0.717, 1.165) is 64.2 Å². The lowest BCUT2D eigenvalue weighted by molar-refractivity contribution is 0.583. The number of hydrogen-bond acceptors (Lipinski definition) is 5. The minimum Gasteiger partial charge on any atom is -0.292 e. The maximum Gasteiger partial charge on any atom is 0.333 e. The van der Waals surface area contributed by atoms with Crippen molar-refractivity contribution in [3.05, 3.63) is 99.9 Å². The molecule has 0 aliphatic rings.